The fourth-order valence-electron chi connectivity index (χ4n) is 1.69. The Labute approximate surface area is 93.2 Å². The van der Waals surface area contributed by atoms with Crippen molar-refractivity contribution >= 4 is 23.9 Å². The SMILES string of the molecule is O=C(O)[C@@H]1[C@H](C(=O)O)[C@@H](C(=O)O)O[C@@H]1C(=O)O. The summed E-state index contributed by atoms with van der Waals surface area (Å²) in [5.74, 6) is -10.8. The molecule has 9 nitrogen and oxygen atoms in total. The zero-order valence-electron chi connectivity index (χ0n) is 8.14. The average Bonchev–Trinajstić information content (AvgIpc) is 2.56. The summed E-state index contributed by atoms with van der Waals surface area (Å²) in [7, 11) is 0. The Morgan fingerprint density at radius 2 is 0.941 bits per heavy atom. The molecule has 1 fully saturated rings. The highest BCUT2D eigenvalue weighted by molar-refractivity contribution is 5.92. The van der Waals surface area contributed by atoms with Crippen LogP contribution in [-0.2, 0) is 23.9 Å². The maximum absolute atomic E-state index is 10.8. The van der Waals surface area contributed by atoms with Gasteiger partial charge in [0, 0.05) is 0 Å². The van der Waals surface area contributed by atoms with Crippen LogP contribution in [0.1, 0.15) is 0 Å². The van der Waals surface area contributed by atoms with Gasteiger partial charge in [-0.15, -0.1) is 0 Å². The van der Waals surface area contributed by atoms with Crippen LogP contribution < -0.4 is 0 Å². The van der Waals surface area contributed by atoms with E-state index in [2.05, 4.69) is 4.74 Å². The summed E-state index contributed by atoms with van der Waals surface area (Å²) in [4.78, 5) is 43.0. The molecule has 0 aromatic rings. The predicted octanol–water partition coefficient (Wildman–Crippen LogP) is -1.68. The molecule has 94 valence electrons. The molecule has 0 aliphatic carbocycles. The summed E-state index contributed by atoms with van der Waals surface area (Å²) < 4.78 is 4.47. The second-order valence-corrected chi connectivity index (χ2v) is 3.38. The fourth-order valence-corrected chi connectivity index (χ4v) is 1.69. The molecular weight excluding hydrogens is 240 g/mol. The lowest BCUT2D eigenvalue weighted by Crippen LogP contribution is -2.39. The van der Waals surface area contributed by atoms with E-state index >= 15 is 0 Å². The van der Waals surface area contributed by atoms with E-state index in [1.165, 1.54) is 0 Å². The third-order valence-electron chi connectivity index (χ3n) is 2.39. The number of aliphatic carboxylic acids is 4. The second kappa shape index (κ2) is 4.37. The van der Waals surface area contributed by atoms with Crippen LogP contribution in [0.3, 0.4) is 0 Å². The van der Waals surface area contributed by atoms with Crippen LogP contribution >= 0.6 is 0 Å². The third kappa shape index (κ3) is 2.18. The average molecular weight is 248 g/mol. The van der Waals surface area contributed by atoms with Crippen molar-refractivity contribution in [2.24, 2.45) is 11.8 Å². The van der Waals surface area contributed by atoms with Gasteiger partial charge in [0.2, 0.25) is 0 Å². The van der Waals surface area contributed by atoms with Gasteiger partial charge in [-0.2, -0.15) is 0 Å². The first kappa shape index (κ1) is 12.9. The molecule has 1 aliphatic heterocycles. The Bertz CT molecular complexity index is 350. The highest BCUT2D eigenvalue weighted by Gasteiger charge is 2.57. The number of carboxylic acids is 4. The summed E-state index contributed by atoms with van der Waals surface area (Å²) >= 11 is 0. The van der Waals surface area contributed by atoms with Crippen LogP contribution in [0.2, 0.25) is 0 Å². The zero-order valence-corrected chi connectivity index (χ0v) is 8.14. The molecule has 0 amide bonds. The van der Waals surface area contributed by atoms with E-state index in [1.54, 1.807) is 0 Å². The normalized spacial score (nSPS) is 32.0. The Kier molecular flexibility index (Phi) is 3.32. The first-order valence-corrected chi connectivity index (χ1v) is 4.34. The van der Waals surface area contributed by atoms with Gasteiger partial charge >= 0.3 is 23.9 Å². The molecular formula is C8H8O9. The van der Waals surface area contributed by atoms with E-state index in [4.69, 9.17) is 20.4 Å². The van der Waals surface area contributed by atoms with Crippen molar-refractivity contribution in [3.63, 3.8) is 0 Å². The Balaban J connectivity index is 3.17. The van der Waals surface area contributed by atoms with Gasteiger partial charge in [0.25, 0.3) is 0 Å². The molecule has 17 heavy (non-hydrogen) atoms. The molecule has 1 rings (SSSR count). The van der Waals surface area contributed by atoms with Gasteiger partial charge in [-0.05, 0) is 0 Å². The Morgan fingerprint density at radius 3 is 1.12 bits per heavy atom. The number of ether oxygens (including phenoxy) is 1. The van der Waals surface area contributed by atoms with E-state index in [-0.39, 0.29) is 0 Å². The highest BCUT2D eigenvalue weighted by Crippen LogP contribution is 2.33. The summed E-state index contributed by atoms with van der Waals surface area (Å²) in [6.07, 6.45) is -3.98. The lowest BCUT2D eigenvalue weighted by Gasteiger charge is -2.13. The van der Waals surface area contributed by atoms with Crippen molar-refractivity contribution in [2.45, 2.75) is 12.2 Å². The molecule has 1 heterocycles. The van der Waals surface area contributed by atoms with E-state index in [0.29, 0.717) is 0 Å². The largest absolute Gasteiger partial charge is 0.481 e. The minimum Gasteiger partial charge on any atom is -0.481 e. The molecule has 0 bridgehead atoms. The van der Waals surface area contributed by atoms with Crippen LogP contribution in [-0.4, -0.2) is 56.5 Å². The molecule has 0 spiro atoms. The monoisotopic (exact) mass is 248 g/mol. The van der Waals surface area contributed by atoms with Crippen molar-refractivity contribution < 1.29 is 44.3 Å². The highest BCUT2D eigenvalue weighted by atomic mass is 16.6. The van der Waals surface area contributed by atoms with Gasteiger partial charge in [-0.25, -0.2) is 9.59 Å². The lowest BCUT2D eigenvalue weighted by atomic mass is 9.87. The van der Waals surface area contributed by atoms with Gasteiger partial charge in [0.1, 0.15) is 11.8 Å². The molecule has 0 aromatic carbocycles. The Morgan fingerprint density at radius 1 is 0.647 bits per heavy atom. The topological polar surface area (TPSA) is 158 Å². The first-order valence-electron chi connectivity index (χ1n) is 4.34. The van der Waals surface area contributed by atoms with Crippen LogP contribution in [0.25, 0.3) is 0 Å². The number of hydrogen-bond acceptors (Lipinski definition) is 5. The van der Waals surface area contributed by atoms with Gasteiger partial charge < -0.3 is 25.2 Å². The molecule has 4 N–H and O–H groups in total. The zero-order chi connectivity index (χ0) is 13.3. The summed E-state index contributed by atoms with van der Waals surface area (Å²) in [5.41, 5.74) is 0. The van der Waals surface area contributed by atoms with Crippen LogP contribution in [0.4, 0.5) is 0 Å². The molecule has 4 atom stereocenters. The molecule has 0 saturated carbocycles. The van der Waals surface area contributed by atoms with Crippen molar-refractivity contribution in [3.05, 3.63) is 0 Å². The predicted molar refractivity (Wildman–Crippen MR) is 46.2 cm³/mol. The standard InChI is InChI=1S/C8H8O9/c9-5(10)1-2(6(11)12)4(8(15)16)17-3(1)7(13)14/h1-4H,(H,9,10)(H,11,12)(H,13,14)(H,15,16)/t1-,2+,3-,4-/m0/s1. The molecule has 1 saturated heterocycles. The number of carboxylic acid groups (broad SMARTS) is 4. The molecule has 1 aliphatic rings. The molecule has 9 heteroatoms. The molecule has 0 radical (unpaired) electrons. The number of hydrogen-bond donors (Lipinski definition) is 4. The van der Waals surface area contributed by atoms with Gasteiger partial charge in [0.05, 0.1) is 0 Å². The summed E-state index contributed by atoms with van der Waals surface area (Å²) in [5, 5.41) is 34.8. The molecule has 0 unspecified atom stereocenters. The summed E-state index contributed by atoms with van der Waals surface area (Å²) in [6.45, 7) is 0. The van der Waals surface area contributed by atoms with Crippen LogP contribution in [0.5, 0.6) is 0 Å². The quantitative estimate of drug-likeness (QED) is 0.455. The maximum atomic E-state index is 10.8. The molecule has 0 aromatic heterocycles. The van der Waals surface area contributed by atoms with Gasteiger partial charge in [-0.3, -0.25) is 9.59 Å². The number of rotatable bonds is 4. The van der Waals surface area contributed by atoms with Crippen molar-refractivity contribution in [1.29, 1.82) is 0 Å². The third-order valence-corrected chi connectivity index (χ3v) is 2.39. The van der Waals surface area contributed by atoms with Crippen molar-refractivity contribution in [1.82, 2.24) is 0 Å². The number of carbonyl (C=O) groups is 4. The van der Waals surface area contributed by atoms with Crippen molar-refractivity contribution in [3.8, 4) is 0 Å². The van der Waals surface area contributed by atoms with E-state index in [1.807, 2.05) is 0 Å². The van der Waals surface area contributed by atoms with E-state index in [0.717, 1.165) is 0 Å². The minimum atomic E-state index is -1.99. The van der Waals surface area contributed by atoms with E-state index < -0.39 is 47.9 Å². The van der Waals surface area contributed by atoms with Gasteiger partial charge in [-0.1, -0.05) is 0 Å². The summed E-state index contributed by atoms with van der Waals surface area (Å²) in [6, 6.07) is 0. The van der Waals surface area contributed by atoms with E-state index in [9.17, 15) is 19.2 Å². The Hall–Kier alpha value is -2.16. The lowest BCUT2D eigenvalue weighted by molar-refractivity contribution is -0.163. The maximum Gasteiger partial charge on any atom is 0.333 e. The van der Waals surface area contributed by atoms with Gasteiger partial charge in [0.15, 0.2) is 12.2 Å². The smallest absolute Gasteiger partial charge is 0.333 e. The van der Waals surface area contributed by atoms with Crippen LogP contribution in [0.15, 0.2) is 0 Å². The first-order chi connectivity index (χ1) is 7.77. The second-order valence-electron chi connectivity index (χ2n) is 3.38. The van der Waals surface area contributed by atoms with Crippen LogP contribution in [0, 0.1) is 11.8 Å². The fraction of sp³-hybridized carbons (Fsp3) is 0.500. The minimum absolute atomic E-state index is 1.72. The van der Waals surface area contributed by atoms with Crippen molar-refractivity contribution in [2.75, 3.05) is 0 Å².